The van der Waals surface area contributed by atoms with E-state index in [9.17, 15) is 14.7 Å². The summed E-state index contributed by atoms with van der Waals surface area (Å²) >= 11 is 5.86. The number of aromatic hydroxyl groups is 1. The number of carbonyl (C=O) groups excluding carboxylic acids is 2. The Balaban J connectivity index is 3.25. The average molecular weight is 286 g/mol. The first-order valence-electron chi connectivity index (χ1n) is 5.85. The highest BCUT2D eigenvalue weighted by atomic mass is 35.5. The standard InChI is InChI=1S/C13H16ClNO4/c1-4-19-13(18)8(2)12-10(15(14)9(3)16)6-5-7-11(12)17/h5-8,17H,4H2,1-3H3. The summed E-state index contributed by atoms with van der Waals surface area (Å²) < 4.78 is 5.78. The number of amides is 1. The first-order chi connectivity index (χ1) is 8.90. The molecule has 0 heterocycles. The molecule has 0 bridgehead atoms. The van der Waals surface area contributed by atoms with E-state index in [1.54, 1.807) is 26.0 Å². The number of phenols is 1. The van der Waals surface area contributed by atoms with Crippen molar-refractivity contribution in [3.05, 3.63) is 23.8 Å². The van der Waals surface area contributed by atoms with Crippen molar-refractivity contribution in [3.8, 4) is 5.75 Å². The molecule has 0 aliphatic rings. The summed E-state index contributed by atoms with van der Waals surface area (Å²) in [4.78, 5) is 23.1. The number of rotatable bonds is 4. The van der Waals surface area contributed by atoms with Gasteiger partial charge in [-0.2, -0.15) is 0 Å². The Morgan fingerprint density at radius 1 is 1.47 bits per heavy atom. The number of anilines is 1. The maximum Gasteiger partial charge on any atom is 0.313 e. The predicted octanol–water partition coefficient (Wildman–Crippen LogP) is 2.57. The van der Waals surface area contributed by atoms with Crippen molar-refractivity contribution in [2.75, 3.05) is 11.0 Å². The molecule has 1 aromatic rings. The summed E-state index contributed by atoms with van der Waals surface area (Å²) in [7, 11) is 0. The zero-order chi connectivity index (χ0) is 14.6. The molecule has 1 rings (SSSR count). The molecule has 0 aromatic heterocycles. The summed E-state index contributed by atoms with van der Waals surface area (Å²) in [6, 6.07) is 4.53. The SMILES string of the molecule is CCOC(=O)C(C)c1c(O)cccc1N(Cl)C(C)=O. The van der Waals surface area contributed by atoms with Gasteiger partial charge in [0.1, 0.15) is 5.75 Å². The molecule has 5 nitrogen and oxygen atoms in total. The van der Waals surface area contributed by atoms with E-state index < -0.39 is 17.8 Å². The van der Waals surface area contributed by atoms with Crippen molar-refractivity contribution in [1.82, 2.24) is 0 Å². The van der Waals surface area contributed by atoms with Crippen LogP contribution in [0.4, 0.5) is 5.69 Å². The Labute approximate surface area is 116 Å². The summed E-state index contributed by atoms with van der Waals surface area (Å²) in [6.07, 6.45) is 0. The number of halogens is 1. The Hall–Kier alpha value is -1.75. The minimum absolute atomic E-state index is 0.107. The van der Waals surface area contributed by atoms with Crippen LogP contribution in [0.15, 0.2) is 18.2 Å². The van der Waals surface area contributed by atoms with Gasteiger partial charge in [0, 0.05) is 24.3 Å². The van der Waals surface area contributed by atoms with Crippen LogP contribution < -0.4 is 4.42 Å². The van der Waals surface area contributed by atoms with Crippen LogP contribution in [0, 0.1) is 0 Å². The molecule has 0 fully saturated rings. The fourth-order valence-electron chi connectivity index (χ4n) is 1.71. The van der Waals surface area contributed by atoms with Crippen molar-refractivity contribution in [2.24, 2.45) is 0 Å². The molecule has 0 saturated heterocycles. The van der Waals surface area contributed by atoms with Crippen molar-refractivity contribution in [1.29, 1.82) is 0 Å². The number of hydrogen-bond donors (Lipinski definition) is 1. The molecule has 1 aromatic carbocycles. The summed E-state index contributed by atoms with van der Waals surface area (Å²) in [5.74, 6) is -1.73. The zero-order valence-electron chi connectivity index (χ0n) is 11.0. The number of benzene rings is 1. The van der Waals surface area contributed by atoms with Crippen LogP contribution >= 0.6 is 11.8 Å². The van der Waals surface area contributed by atoms with Crippen molar-refractivity contribution < 1.29 is 19.4 Å². The zero-order valence-corrected chi connectivity index (χ0v) is 11.8. The normalized spacial score (nSPS) is 11.8. The van der Waals surface area contributed by atoms with Crippen LogP contribution in [0.5, 0.6) is 5.75 Å². The van der Waals surface area contributed by atoms with Gasteiger partial charge in [-0.1, -0.05) is 6.07 Å². The van der Waals surface area contributed by atoms with Crippen molar-refractivity contribution >= 4 is 29.3 Å². The monoisotopic (exact) mass is 285 g/mol. The Bertz CT molecular complexity index is 490. The summed E-state index contributed by atoms with van der Waals surface area (Å²) in [6.45, 7) is 4.81. The van der Waals surface area contributed by atoms with E-state index >= 15 is 0 Å². The first-order valence-corrected chi connectivity index (χ1v) is 6.18. The topological polar surface area (TPSA) is 66.8 Å². The second kappa shape index (κ2) is 6.43. The Morgan fingerprint density at radius 3 is 2.63 bits per heavy atom. The molecule has 104 valence electrons. The van der Waals surface area contributed by atoms with Crippen molar-refractivity contribution in [2.45, 2.75) is 26.7 Å². The first kappa shape index (κ1) is 15.3. The lowest BCUT2D eigenvalue weighted by Gasteiger charge is -2.20. The van der Waals surface area contributed by atoms with Crippen LogP contribution in [0.3, 0.4) is 0 Å². The van der Waals surface area contributed by atoms with E-state index in [1.807, 2.05) is 0 Å². The van der Waals surface area contributed by atoms with Gasteiger partial charge in [0.25, 0.3) is 0 Å². The molecule has 1 amide bonds. The number of hydrogen-bond acceptors (Lipinski definition) is 4. The number of phenolic OH excluding ortho intramolecular Hbond substituents is 1. The maximum absolute atomic E-state index is 11.8. The fraction of sp³-hybridized carbons (Fsp3) is 0.385. The molecular formula is C13H16ClNO4. The Kier molecular flexibility index (Phi) is 5.18. The molecule has 0 spiro atoms. The van der Waals surface area contributed by atoms with Gasteiger partial charge in [-0.15, -0.1) is 0 Å². The highest BCUT2D eigenvalue weighted by Crippen LogP contribution is 2.36. The van der Waals surface area contributed by atoms with Crippen LogP contribution in [-0.2, 0) is 14.3 Å². The van der Waals surface area contributed by atoms with Gasteiger partial charge < -0.3 is 9.84 Å². The molecule has 0 saturated carbocycles. The Morgan fingerprint density at radius 2 is 2.11 bits per heavy atom. The number of nitrogens with zero attached hydrogens (tertiary/aromatic N) is 1. The lowest BCUT2D eigenvalue weighted by molar-refractivity contribution is -0.144. The third kappa shape index (κ3) is 3.38. The molecule has 1 N–H and O–H groups in total. The molecule has 0 aliphatic carbocycles. The lowest BCUT2D eigenvalue weighted by atomic mass is 9.98. The minimum Gasteiger partial charge on any atom is -0.508 e. The third-order valence-corrected chi connectivity index (χ3v) is 3.04. The fourth-order valence-corrected chi connectivity index (χ4v) is 1.86. The van der Waals surface area contributed by atoms with E-state index in [1.165, 1.54) is 13.0 Å². The van der Waals surface area contributed by atoms with Crippen LogP contribution in [0.2, 0.25) is 0 Å². The van der Waals surface area contributed by atoms with Gasteiger partial charge in [0.15, 0.2) is 0 Å². The summed E-state index contributed by atoms with van der Waals surface area (Å²) in [5.41, 5.74) is 0.542. The van der Waals surface area contributed by atoms with Gasteiger partial charge in [0.05, 0.1) is 18.2 Å². The van der Waals surface area contributed by atoms with E-state index in [0.29, 0.717) is 0 Å². The molecule has 1 atom stereocenters. The highest BCUT2D eigenvalue weighted by molar-refractivity contribution is 6.36. The molecule has 6 heteroatoms. The van der Waals surface area contributed by atoms with Gasteiger partial charge in [-0.3, -0.25) is 9.59 Å². The van der Waals surface area contributed by atoms with E-state index in [2.05, 4.69) is 0 Å². The van der Waals surface area contributed by atoms with Crippen LogP contribution in [0.25, 0.3) is 0 Å². The number of ether oxygens (including phenoxy) is 1. The second-order valence-electron chi connectivity index (χ2n) is 3.98. The highest BCUT2D eigenvalue weighted by Gasteiger charge is 2.26. The van der Waals surface area contributed by atoms with E-state index in [4.69, 9.17) is 16.5 Å². The number of esters is 1. The predicted molar refractivity (Wildman–Crippen MR) is 72.2 cm³/mol. The van der Waals surface area contributed by atoms with Gasteiger partial charge in [-0.25, -0.2) is 4.42 Å². The van der Waals surface area contributed by atoms with Gasteiger partial charge in [-0.05, 0) is 26.0 Å². The van der Waals surface area contributed by atoms with E-state index in [-0.39, 0.29) is 23.6 Å². The largest absolute Gasteiger partial charge is 0.508 e. The van der Waals surface area contributed by atoms with Gasteiger partial charge in [0.2, 0.25) is 5.91 Å². The number of carbonyl (C=O) groups is 2. The quantitative estimate of drug-likeness (QED) is 0.682. The van der Waals surface area contributed by atoms with Crippen LogP contribution in [0.1, 0.15) is 32.3 Å². The average Bonchev–Trinajstić information content (AvgIpc) is 2.36. The van der Waals surface area contributed by atoms with E-state index in [0.717, 1.165) is 4.42 Å². The molecule has 1 unspecified atom stereocenters. The molecule has 19 heavy (non-hydrogen) atoms. The second-order valence-corrected chi connectivity index (χ2v) is 4.32. The molecular weight excluding hydrogens is 270 g/mol. The summed E-state index contributed by atoms with van der Waals surface area (Å²) in [5, 5.41) is 9.91. The lowest BCUT2D eigenvalue weighted by Crippen LogP contribution is -2.21. The van der Waals surface area contributed by atoms with Gasteiger partial charge >= 0.3 is 5.97 Å². The third-order valence-electron chi connectivity index (χ3n) is 2.62. The molecule has 0 radical (unpaired) electrons. The van der Waals surface area contributed by atoms with Crippen molar-refractivity contribution in [3.63, 3.8) is 0 Å². The van der Waals surface area contributed by atoms with Crippen LogP contribution in [-0.4, -0.2) is 23.6 Å². The minimum atomic E-state index is -0.725. The molecule has 0 aliphatic heterocycles. The smallest absolute Gasteiger partial charge is 0.313 e. The maximum atomic E-state index is 11.8.